The molecule has 1 rings (SSSR count). The van der Waals surface area contributed by atoms with E-state index >= 15 is 0 Å². The van der Waals surface area contributed by atoms with Gasteiger partial charge in [-0.25, -0.2) is 0 Å². The minimum absolute atomic E-state index is 0.176. The molecule has 0 spiro atoms. The Morgan fingerprint density at radius 3 is 1.94 bits per heavy atom. The van der Waals surface area contributed by atoms with Crippen LogP contribution < -0.4 is 5.73 Å². The second kappa shape index (κ2) is 5.20. The van der Waals surface area contributed by atoms with Crippen LogP contribution in [0, 0.1) is 11.3 Å². The van der Waals surface area contributed by atoms with Gasteiger partial charge in [-0.05, 0) is 59.3 Å². The maximum Gasteiger partial charge on any atom is 0.230 e. The van der Waals surface area contributed by atoms with Gasteiger partial charge >= 0.3 is 0 Å². The molecule has 0 atom stereocenters. The molecule has 0 bridgehead atoms. The summed E-state index contributed by atoms with van der Waals surface area (Å²) in [6, 6.07) is 0.398. The first-order valence-electron chi connectivity index (χ1n) is 7.13. The van der Waals surface area contributed by atoms with E-state index in [1.54, 1.807) is 0 Å². The second-order valence-corrected chi connectivity index (χ2v) is 7.18. The predicted octanol–water partition coefficient (Wildman–Crippen LogP) is 2.79. The number of carbonyl (C=O) groups is 1. The molecule has 0 heterocycles. The number of rotatable bonds is 3. The highest BCUT2D eigenvalue weighted by Gasteiger charge is 2.43. The van der Waals surface area contributed by atoms with Crippen LogP contribution >= 0.6 is 0 Å². The number of amides is 1. The number of hydrogen-bond donors (Lipinski definition) is 1. The minimum atomic E-state index is -0.523. The molecule has 2 N–H and O–H groups in total. The van der Waals surface area contributed by atoms with Gasteiger partial charge in [0.25, 0.3) is 0 Å². The molecule has 0 aromatic rings. The summed E-state index contributed by atoms with van der Waals surface area (Å²) in [5, 5.41) is 0. The van der Waals surface area contributed by atoms with Gasteiger partial charge in [0, 0.05) is 18.6 Å². The van der Waals surface area contributed by atoms with Gasteiger partial charge in [0.15, 0.2) is 0 Å². The third-order valence-electron chi connectivity index (χ3n) is 5.00. The molecule has 0 radical (unpaired) electrons. The Balaban J connectivity index is 2.72. The summed E-state index contributed by atoms with van der Waals surface area (Å²) in [6.07, 6.45) is 4.72. The van der Waals surface area contributed by atoms with E-state index in [2.05, 4.69) is 6.92 Å². The fourth-order valence-corrected chi connectivity index (χ4v) is 2.51. The van der Waals surface area contributed by atoms with Gasteiger partial charge in [0.05, 0.1) is 5.41 Å². The first kappa shape index (κ1) is 15.5. The van der Waals surface area contributed by atoms with Gasteiger partial charge in [-0.15, -0.1) is 0 Å². The second-order valence-electron chi connectivity index (χ2n) is 7.18. The van der Waals surface area contributed by atoms with Crippen molar-refractivity contribution in [2.24, 2.45) is 17.1 Å². The number of nitrogens with two attached hydrogens (primary N) is 1. The topological polar surface area (TPSA) is 46.3 Å². The highest BCUT2D eigenvalue weighted by atomic mass is 16.2. The predicted molar refractivity (Wildman–Crippen MR) is 76.2 cm³/mol. The van der Waals surface area contributed by atoms with Crippen molar-refractivity contribution >= 4 is 5.91 Å². The molecular weight excluding hydrogens is 224 g/mol. The minimum Gasteiger partial charge on any atom is -0.342 e. The molecule has 106 valence electrons. The lowest BCUT2D eigenvalue weighted by molar-refractivity contribution is -0.145. The van der Waals surface area contributed by atoms with Crippen molar-refractivity contribution in [3.05, 3.63) is 0 Å². The van der Waals surface area contributed by atoms with E-state index in [1.807, 2.05) is 39.6 Å². The van der Waals surface area contributed by atoms with Gasteiger partial charge in [0.2, 0.25) is 5.91 Å². The zero-order chi connectivity index (χ0) is 14.1. The fourth-order valence-electron chi connectivity index (χ4n) is 2.51. The molecular formula is C15H30N2O. The lowest BCUT2D eigenvalue weighted by Crippen LogP contribution is -2.57. The maximum absolute atomic E-state index is 12.6. The molecule has 1 aliphatic rings. The fraction of sp³-hybridized carbons (Fsp3) is 0.933. The van der Waals surface area contributed by atoms with Crippen LogP contribution in [0.2, 0.25) is 0 Å². The van der Waals surface area contributed by atoms with Crippen molar-refractivity contribution in [2.75, 3.05) is 7.05 Å². The van der Waals surface area contributed by atoms with Crippen molar-refractivity contribution in [1.29, 1.82) is 0 Å². The van der Waals surface area contributed by atoms with E-state index in [-0.39, 0.29) is 5.91 Å². The molecule has 3 heteroatoms. The lowest BCUT2D eigenvalue weighted by atomic mass is 9.73. The molecule has 0 aromatic carbocycles. The number of carbonyl (C=O) groups excluding carboxylic acids is 1. The summed E-state index contributed by atoms with van der Waals surface area (Å²) in [6.45, 7) is 10.1. The van der Waals surface area contributed by atoms with E-state index in [0.717, 1.165) is 18.8 Å². The lowest BCUT2D eigenvalue weighted by Gasteiger charge is -2.43. The van der Waals surface area contributed by atoms with E-state index < -0.39 is 11.0 Å². The molecule has 0 saturated heterocycles. The standard InChI is InChI=1S/C15H30N2O/c1-11-7-9-12(10-8-11)17(6)13(18)14(2,3)15(4,5)16/h11-12H,7-10,16H2,1-6H3. The van der Waals surface area contributed by atoms with Crippen LogP contribution in [-0.2, 0) is 4.79 Å². The normalized spacial score (nSPS) is 25.9. The smallest absolute Gasteiger partial charge is 0.230 e. The van der Waals surface area contributed by atoms with Crippen LogP contribution in [0.1, 0.15) is 60.3 Å². The van der Waals surface area contributed by atoms with Crippen molar-refractivity contribution in [1.82, 2.24) is 4.90 Å². The van der Waals surface area contributed by atoms with Crippen LogP contribution in [0.15, 0.2) is 0 Å². The maximum atomic E-state index is 12.6. The third-order valence-corrected chi connectivity index (χ3v) is 5.00. The summed E-state index contributed by atoms with van der Waals surface area (Å²) in [4.78, 5) is 14.6. The summed E-state index contributed by atoms with van der Waals surface area (Å²) in [5.74, 6) is 0.985. The molecule has 1 amide bonds. The van der Waals surface area contributed by atoms with Crippen LogP contribution in [0.25, 0.3) is 0 Å². The Kier molecular flexibility index (Phi) is 4.47. The van der Waals surface area contributed by atoms with Crippen LogP contribution in [0.3, 0.4) is 0 Å². The summed E-state index contributed by atoms with van der Waals surface area (Å²) >= 11 is 0. The Labute approximate surface area is 112 Å². The summed E-state index contributed by atoms with van der Waals surface area (Å²) in [7, 11) is 1.94. The van der Waals surface area contributed by atoms with Gasteiger partial charge in [-0.2, -0.15) is 0 Å². The quantitative estimate of drug-likeness (QED) is 0.842. The monoisotopic (exact) mass is 254 g/mol. The zero-order valence-corrected chi connectivity index (χ0v) is 12.9. The van der Waals surface area contributed by atoms with E-state index in [4.69, 9.17) is 5.73 Å². The largest absolute Gasteiger partial charge is 0.342 e. The molecule has 0 aromatic heterocycles. The van der Waals surface area contributed by atoms with Crippen LogP contribution in [-0.4, -0.2) is 29.4 Å². The van der Waals surface area contributed by atoms with E-state index in [0.29, 0.717) is 6.04 Å². The molecule has 3 nitrogen and oxygen atoms in total. The Hall–Kier alpha value is -0.570. The Bertz CT molecular complexity index is 296. The Morgan fingerprint density at radius 2 is 1.56 bits per heavy atom. The average Bonchev–Trinajstić information content (AvgIpc) is 2.26. The van der Waals surface area contributed by atoms with Crippen molar-refractivity contribution in [3.8, 4) is 0 Å². The number of nitrogens with zero attached hydrogens (tertiary/aromatic N) is 1. The van der Waals surface area contributed by atoms with Gasteiger partial charge < -0.3 is 10.6 Å². The van der Waals surface area contributed by atoms with Crippen LogP contribution in [0.4, 0.5) is 0 Å². The SMILES string of the molecule is CC1CCC(N(C)C(=O)C(C)(C)C(C)(C)N)CC1. The molecule has 0 unspecified atom stereocenters. The van der Waals surface area contributed by atoms with Crippen molar-refractivity contribution in [3.63, 3.8) is 0 Å². The van der Waals surface area contributed by atoms with Crippen LogP contribution in [0.5, 0.6) is 0 Å². The van der Waals surface area contributed by atoms with Gasteiger partial charge in [0.1, 0.15) is 0 Å². The summed E-state index contributed by atoms with van der Waals surface area (Å²) in [5.41, 5.74) is 5.13. The molecule has 18 heavy (non-hydrogen) atoms. The molecule has 0 aliphatic heterocycles. The summed E-state index contributed by atoms with van der Waals surface area (Å²) < 4.78 is 0. The molecule has 1 saturated carbocycles. The molecule has 1 aliphatic carbocycles. The average molecular weight is 254 g/mol. The third kappa shape index (κ3) is 3.05. The highest BCUT2D eigenvalue weighted by molar-refractivity contribution is 5.83. The zero-order valence-electron chi connectivity index (χ0n) is 12.9. The van der Waals surface area contributed by atoms with Crippen molar-refractivity contribution < 1.29 is 4.79 Å². The van der Waals surface area contributed by atoms with E-state index in [1.165, 1.54) is 12.8 Å². The van der Waals surface area contributed by atoms with Crippen molar-refractivity contribution in [2.45, 2.75) is 71.9 Å². The first-order valence-corrected chi connectivity index (χ1v) is 7.13. The molecule has 1 fully saturated rings. The Morgan fingerprint density at radius 1 is 1.11 bits per heavy atom. The first-order chi connectivity index (χ1) is 8.07. The number of hydrogen-bond acceptors (Lipinski definition) is 2. The van der Waals surface area contributed by atoms with E-state index in [9.17, 15) is 4.79 Å². The highest BCUT2D eigenvalue weighted by Crippen LogP contribution is 2.33. The van der Waals surface area contributed by atoms with Gasteiger partial charge in [-0.1, -0.05) is 6.92 Å². The van der Waals surface area contributed by atoms with Gasteiger partial charge in [-0.3, -0.25) is 4.79 Å².